The van der Waals surface area contributed by atoms with E-state index in [4.69, 9.17) is 4.74 Å². The summed E-state index contributed by atoms with van der Waals surface area (Å²) in [6.07, 6.45) is 3.38. The zero-order valence-corrected chi connectivity index (χ0v) is 17.9. The Kier molecular flexibility index (Phi) is 5.60. The second-order valence-corrected chi connectivity index (χ2v) is 9.01. The van der Waals surface area contributed by atoms with Gasteiger partial charge in [-0.2, -0.15) is 0 Å². The van der Waals surface area contributed by atoms with Crippen molar-refractivity contribution in [3.63, 3.8) is 0 Å². The number of amides is 1. The molecule has 0 radical (unpaired) electrons. The first-order valence-corrected chi connectivity index (χ1v) is 11.6. The average molecular weight is 422 g/mol. The molecule has 0 unspecified atom stereocenters. The van der Waals surface area contributed by atoms with Crippen LogP contribution < -0.4 is 15.0 Å². The van der Waals surface area contributed by atoms with Gasteiger partial charge in [0.25, 0.3) is 5.91 Å². The summed E-state index contributed by atoms with van der Waals surface area (Å²) in [6.45, 7) is 5.72. The SMILES string of the molecule is O=C1COc2ccc(CCCCN3CCN(c4cccc5sccc45)CC3)cc2N1. The number of nitrogens with zero attached hydrogens (tertiary/aromatic N) is 2. The van der Waals surface area contributed by atoms with Gasteiger partial charge in [0.2, 0.25) is 0 Å². The fourth-order valence-electron chi connectivity index (χ4n) is 4.42. The topological polar surface area (TPSA) is 44.8 Å². The van der Waals surface area contributed by atoms with Crippen molar-refractivity contribution in [2.45, 2.75) is 19.3 Å². The fraction of sp³-hybridized carbons (Fsp3) is 0.375. The molecule has 1 amide bonds. The zero-order chi connectivity index (χ0) is 20.3. The maximum atomic E-state index is 11.5. The number of fused-ring (bicyclic) bond motifs is 2. The molecule has 0 bridgehead atoms. The molecule has 156 valence electrons. The minimum atomic E-state index is -0.0750. The molecule has 0 spiro atoms. The lowest BCUT2D eigenvalue weighted by molar-refractivity contribution is -0.118. The molecule has 2 aromatic carbocycles. The quantitative estimate of drug-likeness (QED) is 0.600. The summed E-state index contributed by atoms with van der Waals surface area (Å²) in [6, 6.07) is 15.0. The summed E-state index contributed by atoms with van der Waals surface area (Å²) < 4.78 is 6.81. The highest BCUT2D eigenvalue weighted by Crippen LogP contribution is 2.31. The number of hydrogen-bond donors (Lipinski definition) is 1. The van der Waals surface area contributed by atoms with Gasteiger partial charge in [0.15, 0.2) is 6.61 Å². The van der Waals surface area contributed by atoms with Crippen molar-refractivity contribution < 1.29 is 9.53 Å². The molecule has 5 nitrogen and oxygen atoms in total. The maximum Gasteiger partial charge on any atom is 0.262 e. The van der Waals surface area contributed by atoms with Crippen molar-refractivity contribution in [1.82, 2.24) is 4.90 Å². The first-order valence-electron chi connectivity index (χ1n) is 10.8. The van der Waals surface area contributed by atoms with E-state index < -0.39 is 0 Å². The normalized spacial score (nSPS) is 16.9. The summed E-state index contributed by atoms with van der Waals surface area (Å²) in [5.74, 6) is 0.698. The monoisotopic (exact) mass is 421 g/mol. The van der Waals surface area contributed by atoms with Crippen LogP contribution in [0.2, 0.25) is 0 Å². The number of aryl methyl sites for hydroxylation is 1. The highest BCUT2D eigenvalue weighted by atomic mass is 32.1. The number of nitrogens with one attached hydrogen (secondary N) is 1. The van der Waals surface area contributed by atoms with Crippen molar-refractivity contribution in [1.29, 1.82) is 0 Å². The average Bonchev–Trinajstić information content (AvgIpc) is 3.26. The van der Waals surface area contributed by atoms with Crippen LogP contribution in [0.15, 0.2) is 47.8 Å². The van der Waals surface area contributed by atoms with Gasteiger partial charge >= 0.3 is 0 Å². The first-order chi connectivity index (χ1) is 14.8. The van der Waals surface area contributed by atoms with Crippen LogP contribution in [0.4, 0.5) is 11.4 Å². The second kappa shape index (κ2) is 8.66. The largest absolute Gasteiger partial charge is 0.482 e. The van der Waals surface area contributed by atoms with Crippen LogP contribution in [-0.2, 0) is 11.2 Å². The Morgan fingerprint density at radius 1 is 1.03 bits per heavy atom. The van der Waals surface area contributed by atoms with Gasteiger partial charge in [0.05, 0.1) is 5.69 Å². The number of benzene rings is 2. The molecule has 1 saturated heterocycles. The van der Waals surface area contributed by atoms with Gasteiger partial charge in [-0.05, 0) is 67.1 Å². The van der Waals surface area contributed by atoms with Gasteiger partial charge in [0.1, 0.15) is 5.75 Å². The van der Waals surface area contributed by atoms with E-state index >= 15 is 0 Å². The van der Waals surface area contributed by atoms with Crippen LogP contribution in [0.5, 0.6) is 5.75 Å². The molecular formula is C24H27N3O2S. The summed E-state index contributed by atoms with van der Waals surface area (Å²) >= 11 is 1.82. The minimum absolute atomic E-state index is 0.0750. The second-order valence-electron chi connectivity index (χ2n) is 8.06. The predicted molar refractivity (Wildman–Crippen MR) is 124 cm³/mol. The van der Waals surface area contributed by atoms with Crippen molar-refractivity contribution in [3.8, 4) is 5.75 Å². The standard InChI is InChI=1S/C24H27N3O2S/c28-24-17-29-22-8-7-18(16-20(22)25-24)4-1-2-10-26-11-13-27(14-12-26)21-5-3-6-23-19(21)9-15-30-23/h3,5-9,15-16H,1-2,4,10-14,17H2,(H,25,28). The highest BCUT2D eigenvalue weighted by molar-refractivity contribution is 7.17. The Bertz CT molecular complexity index is 1040. The molecule has 3 aromatic rings. The molecule has 2 aliphatic heterocycles. The molecule has 3 heterocycles. The van der Waals surface area contributed by atoms with Crippen LogP contribution in [0.25, 0.3) is 10.1 Å². The Labute approximate surface area is 181 Å². The third kappa shape index (κ3) is 4.16. The lowest BCUT2D eigenvalue weighted by Crippen LogP contribution is -2.46. The number of carbonyl (C=O) groups is 1. The molecule has 30 heavy (non-hydrogen) atoms. The van der Waals surface area contributed by atoms with E-state index in [1.165, 1.54) is 27.8 Å². The number of anilines is 2. The Balaban J connectivity index is 1.08. The van der Waals surface area contributed by atoms with Crippen LogP contribution in [0.3, 0.4) is 0 Å². The smallest absolute Gasteiger partial charge is 0.262 e. The van der Waals surface area contributed by atoms with Crippen LogP contribution in [0.1, 0.15) is 18.4 Å². The summed E-state index contributed by atoms with van der Waals surface area (Å²) in [5.41, 5.74) is 3.45. The van der Waals surface area contributed by atoms with Gasteiger partial charge in [-0.15, -0.1) is 11.3 Å². The Hall–Kier alpha value is -2.57. The molecule has 5 rings (SSSR count). The minimum Gasteiger partial charge on any atom is -0.482 e. The van der Waals surface area contributed by atoms with Crippen LogP contribution in [-0.4, -0.2) is 50.1 Å². The van der Waals surface area contributed by atoms with E-state index in [1.54, 1.807) is 0 Å². The molecule has 0 atom stereocenters. The van der Waals surface area contributed by atoms with Gasteiger partial charge in [-0.25, -0.2) is 0 Å². The van der Waals surface area contributed by atoms with Gasteiger partial charge in [0, 0.05) is 42.0 Å². The number of thiophene rings is 1. The number of hydrogen-bond acceptors (Lipinski definition) is 5. The summed E-state index contributed by atoms with van der Waals surface area (Å²) in [7, 11) is 0. The van der Waals surface area contributed by atoms with Gasteiger partial charge < -0.3 is 15.0 Å². The van der Waals surface area contributed by atoms with E-state index in [-0.39, 0.29) is 12.5 Å². The number of rotatable bonds is 6. The van der Waals surface area contributed by atoms with Crippen molar-refractivity contribution in [3.05, 3.63) is 53.4 Å². The molecule has 1 fully saturated rings. The van der Waals surface area contributed by atoms with Crippen molar-refractivity contribution in [2.75, 3.05) is 49.5 Å². The molecule has 2 aliphatic rings. The molecule has 0 aliphatic carbocycles. The lowest BCUT2D eigenvalue weighted by Gasteiger charge is -2.36. The molecular weight excluding hydrogens is 394 g/mol. The highest BCUT2D eigenvalue weighted by Gasteiger charge is 2.19. The molecule has 6 heteroatoms. The molecule has 0 saturated carbocycles. The Morgan fingerprint density at radius 3 is 2.83 bits per heavy atom. The molecule has 1 aromatic heterocycles. The Morgan fingerprint density at radius 2 is 1.93 bits per heavy atom. The molecule has 1 N–H and O–H groups in total. The van der Waals surface area contributed by atoms with Crippen molar-refractivity contribution >= 4 is 38.7 Å². The number of piperazine rings is 1. The van der Waals surface area contributed by atoms with Crippen LogP contribution in [0, 0.1) is 0 Å². The predicted octanol–water partition coefficient (Wildman–Crippen LogP) is 4.38. The maximum absolute atomic E-state index is 11.5. The first kappa shape index (κ1) is 19.4. The van der Waals surface area contributed by atoms with Crippen molar-refractivity contribution in [2.24, 2.45) is 0 Å². The lowest BCUT2D eigenvalue weighted by atomic mass is 10.1. The summed E-state index contributed by atoms with van der Waals surface area (Å²) in [4.78, 5) is 16.6. The number of carbonyl (C=O) groups excluding carboxylic acids is 1. The summed E-state index contributed by atoms with van der Waals surface area (Å²) in [5, 5.41) is 6.47. The van der Waals surface area contributed by atoms with E-state index in [2.05, 4.69) is 56.9 Å². The fourth-order valence-corrected chi connectivity index (χ4v) is 5.22. The van der Waals surface area contributed by atoms with Gasteiger partial charge in [-0.3, -0.25) is 9.69 Å². The number of ether oxygens (including phenoxy) is 1. The van der Waals surface area contributed by atoms with E-state index in [9.17, 15) is 4.79 Å². The third-order valence-corrected chi connectivity index (χ3v) is 6.93. The number of unbranched alkanes of at least 4 members (excludes halogenated alkanes) is 1. The third-order valence-electron chi connectivity index (χ3n) is 6.05. The van der Waals surface area contributed by atoms with E-state index in [0.29, 0.717) is 0 Å². The zero-order valence-electron chi connectivity index (χ0n) is 17.1. The van der Waals surface area contributed by atoms with Crippen LogP contribution >= 0.6 is 11.3 Å². The van der Waals surface area contributed by atoms with E-state index in [0.717, 1.165) is 57.0 Å². The van der Waals surface area contributed by atoms with Gasteiger partial charge in [-0.1, -0.05) is 12.1 Å². The van der Waals surface area contributed by atoms with E-state index in [1.807, 2.05) is 17.4 Å².